The van der Waals surface area contributed by atoms with Gasteiger partial charge < -0.3 is 15.0 Å². The lowest BCUT2D eigenvalue weighted by Crippen LogP contribution is -2.12. The molecule has 2 rings (SSSR count). The number of nitrogens with zero attached hydrogens (tertiary/aromatic N) is 2. The van der Waals surface area contributed by atoms with Crippen molar-refractivity contribution in [3.05, 3.63) is 47.6 Å². The van der Waals surface area contributed by atoms with E-state index in [2.05, 4.69) is 22.3 Å². The molecule has 0 amide bonds. The number of aryl methyl sites for hydroxylation is 1. The Bertz CT molecular complexity index is 509. The first-order valence-electron chi connectivity index (χ1n) is 6.90. The van der Waals surface area contributed by atoms with Crippen LogP contribution in [0.15, 0.2) is 34.9 Å². The number of hydrogen-bond donors (Lipinski definition) is 1. The SMILES string of the molecule is CCC(OC)c1noc([C@@H](N)CCc2ccccc2)n1. The fraction of sp³-hybridized carbons (Fsp3) is 0.467. The molecule has 1 aromatic heterocycles. The minimum Gasteiger partial charge on any atom is -0.373 e. The molecule has 2 N–H and O–H groups in total. The van der Waals surface area contributed by atoms with Crippen LogP contribution in [-0.2, 0) is 11.2 Å². The van der Waals surface area contributed by atoms with Gasteiger partial charge in [0.15, 0.2) is 0 Å². The Morgan fingerprint density at radius 2 is 2.05 bits per heavy atom. The number of aromatic nitrogens is 2. The topological polar surface area (TPSA) is 74.2 Å². The van der Waals surface area contributed by atoms with Crippen LogP contribution in [0.2, 0.25) is 0 Å². The van der Waals surface area contributed by atoms with Crippen LogP contribution in [0.1, 0.15) is 49.2 Å². The molecule has 2 atom stereocenters. The van der Waals surface area contributed by atoms with E-state index < -0.39 is 0 Å². The Hall–Kier alpha value is -1.72. The smallest absolute Gasteiger partial charge is 0.243 e. The highest BCUT2D eigenvalue weighted by Crippen LogP contribution is 2.20. The maximum atomic E-state index is 6.10. The molecular formula is C15H21N3O2. The molecule has 0 aliphatic rings. The Kier molecular flexibility index (Phi) is 5.26. The van der Waals surface area contributed by atoms with Crippen molar-refractivity contribution >= 4 is 0 Å². The highest BCUT2D eigenvalue weighted by molar-refractivity contribution is 5.15. The summed E-state index contributed by atoms with van der Waals surface area (Å²) in [4.78, 5) is 4.34. The molecule has 20 heavy (non-hydrogen) atoms. The van der Waals surface area contributed by atoms with E-state index in [1.165, 1.54) is 5.56 Å². The van der Waals surface area contributed by atoms with Gasteiger partial charge in [-0.05, 0) is 24.8 Å². The van der Waals surface area contributed by atoms with Crippen molar-refractivity contribution in [1.29, 1.82) is 0 Å². The Morgan fingerprint density at radius 3 is 2.70 bits per heavy atom. The zero-order valence-corrected chi connectivity index (χ0v) is 12.0. The third kappa shape index (κ3) is 3.65. The zero-order chi connectivity index (χ0) is 14.4. The minimum absolute atomic E-state index is 0.131. The quantitative estimate of drug-likeness (QED) is 0.841. The maximum Gasteiger partial charge on any atom is 0.243 e. The van der Waals surface area contributed by atoms with Crippen molar-refractivity contribution in [2.24, 2.45) is 5.73 Å². The summed E-state index contributed by atoms with van der Waals surface area (Å²) < 4.78 is 10.5. The van der Waals surface area contributed by atoms with Crippen LogP contribution in [0, 0.1) is 0 Å². The summed E-state index contributed by atoms with van der Waals surface area (Å²) in [6.45, 7) is 2.01. The van der Waals surface area contributed by atoms with Crippen molar-refractivity contribution in [2.75, 3.05) is 7.11 Å². The summed E-state index contributed by atoms with van der Waals surface area (Å²) >= 11 is 0. The van der Waals surface area contributed by atoms with Gasteiger partial charge in [0.25, 0.3) is 0 Å². The molecule has 0 saturated heterocycles. The maximum absolute atomic E-state index is 6.10. The van der Waals surface area contributed by atoms with Crippen molar-refractivity contribution in [1.82, 2.24) is 10.1 Å². The first-order chi connectivity index (χ1) is 9.74. The average molecular weight is 275 g/mol. The number of hydrogen-bond acceptors (Lipinski definition) is 5. The third-order valence-electron chi connectivity index (χ3n) is 3.30. The summed E-state index contributed by atoms with van der Waals surface area (Å²) in [5.74, 6) is 1.05. The third-order valence-corrected chi connectivity index (χ3v) is 3.30. The molecule has 0 fully saturated rings. The van der Waals surface area contributed by atoms with Crippen molar-refractivity contribution in [2.45, 2.75) is 38.3 Å². The highest BCUT2D eigenvalue weighted by Gasteiger charge is 2.19. The van der Waals surface area contributed by atoms with E-state index in [9.17, 15) is 0 Å². The van der Waals surface area contributed by atoms with Gasteiger partial charge in [0, 0.05) is 7.11 Å². The molecule has 0 spiro atoms. The molecule has 1 aromatic carbocycles. The number of benzene rings is 1. The molecule has 0 radical (unpaired) electrons. The van der Waals surface area contributed by atoms with Gasteiger partial charge in [-0.25, -0.2) is 0 Å². The predicted octanol–water partition coefficient (Wildman–Crippen LogP) is 2.80. The van der Waals surface area contributed by atoms with Gasteiger partial charge in [-0.15, -0.1) is 0 Å². The van der Waals surface area contributed by atoms with Gasteiger partial charge in [-0.1, -0.05) is 42.4 Å². The van der Waals surface area contributed by atoms with Gasteiger partial charge in [-0.2, -0.15) is 4.98 Å². The minimum atomic E-state index is -0.245. The second kappa shape index (κ2) is 7.17. The van der Waals surface area contributed by atoms with E-state index in [1.54, 1.807) is 7.11 Å². The van der Waals surface area contributed by atoms with Gasteiger partial charge in [0.2, 0.25) is 11.7 Å². The molecule has 108 valence electrons. The monoisotopic (exact) mass is 275 g/mol. The summed E-state index contributed by atoms with van der Waals surface area (Å²) in [5.41, 5.74) is 7.36. The first-order valence-corrected chi connectivity index (χ1v) is 6.90. The summed E-state index contributed by atoms with van der Waals surface area (Å²) in [5, 5.41) is 3.94. The van der Waals surface area contributed by atoms with E-state index in [0.717, 1.165) is 19.3 Å². The molecule has 2 aromatic rings. The van der Waals surface area contributed by atoms with Crippen LogP contribution in [0.25, 0.3) is 0 Å². The molecule has 0 bridgehead atoms. The summed E-state index contributed by atoms with van der Waals surface area (Å²) in [6, 6.07) is 9.98. The van der Waals surface area contributed by atoms with E-state index in [1.807, 2.05) is 25.1 Å². The number of nitrogens with two attached hydrogens (primary N) is 1. The Labute approximate surface area is 119 Å². The van der Waals surface area contributed by atoms with Crippen LogP contribution in [0.4, 0.5) is 0 Å². The molecule has 0 saturated carbocycles. The molecular weight excluding hydrogens is 254 g/mol. The highest BCUT2D eigenvalue weighted by atomic mass is 16.5. The molecule has 1 heterocycles. The van der Waals surface area contributed by atoms with Crippen molar-refractivity contribution in [3.8, 4) is 0 Å². The van der Waals surface area contributed by atoms with Gasteiger partial charge >= 0.3 is 0 Å². The summed E-state index contributed by atoms with van der Waals surface area (Å²) in [7, 11) is 1.64. The van der Waals surface area contributed by atoms with Crippen LogP contribution in [-0.4, -0.2) is 17.3 Å². The van der Waals surface area contributed by atoms with Crippen LogP contribution < -0.4 is 5.73 Å². The van der Waals surface area contributed by atoms with E-state index >= 15 is 0 Å². The van der Waals surface area contributed by atoms with E-state index in [4.69, 9.17) is 15.0 Å². The lowest BCUT2D eigenvalue weighted by atomic mass is 10.1. The van der Waals surface area contributed by atoms with Gasteiger partial charge in [0.1, 0.15) is 6.10 Å². The largest absolute Gasteiger partial charge is 0.373 e. The molecule has 1 unspecified atom stereocenters. The standard InChI is InChI=1S/C15H21N3O2/c1-3-13(19-2)14-17-15(20-18-14)12(16)10-9-11-7-5-4-6-8-11/h4-8,12-13H,3,9-10,16H2,1-2H3/t12-,13?/m0/s1. The van der Waals surface area contributed by atoms with Crippen molar-refractivity contribution < 1.29 is 9.26 Å². The van der Waals surface area contributed by atoms with E-state index in [-0.39, 0.29) is 12.1 Å². The molecule has 0 aliphatic carbocycles. The van der Waals surface area contributed by atoms with Crippen molar-refractivity contribution in [3.63, 3.8) is 0 Å². The molecule has 5 heteroatoms. The first kappa shape index (κ1) is 14.7. The second-order valence-corrected chi connectivity index (χ2v) is 4.75. The number of ether oxygens (including phenoxy) is 1. The van der Waals surface area contributed by atoms with Crippen LogP contribution in [0.5, 0.6) is 0 Å². The van der Waals surface area contributed by atoms with Crippen LogP contribution >= 0.6 is 0 Å². The second-order valence-electron chi connectivity index (χ2n) is 4.75. The van der Waals surface area contributed by atoms with Gasteiger partial charge in [0.05, 0.1) is 6.04 Å². The lowest BCUT2D eigenvalue weighted by molar-refractivity contribution is 0.0903. The lowest BCUT2D eigenvalue weighted by Gasteiger charge is -2.07. The predicted molar refractivity (Wildman–Crippen MR) is 76.0 cm³/mol. The van der Waals surface area contributed by atoms with Crippen LogP contribution in [0.3, 0.4) is 0 Å². The average Bonchev–Trinajstić information content (AvgIpc) is 2.97. The Balaban J connectivity index is 1.94. The van der Waals surface area contributed by atoms with E-state index in [0.29, 0.717) is 11.7 Å². The number of rotatable bonds is 7. The van der Waals surface area contributed by atoms with Gasteiger partial charge in [-0.3, -0.25) is 0 Å². The summed E-state index contributed by atoms with van der Waals surface area (Å²) in [6.07, 6.45) is 2.33. The normalized spacial score (nSPS) is 14.2. The zero-order valence-electron chi connectivity index (χ0n) is 12.0. The fourth-order valence-corrected chi connectivity index (χ4v) is 2.07. The molecule has 5 nitrogen and oxygen atoms in total. The molecule has 0 aliphatic heterocycles. The fourth-order valence-electron chi connectivity index (χ4n) is 2.07. The number of methoxy groups -OCH3 is 1. The Morgan fingerprint density at radius 1 is 1.30 bits per heavy atom.